The molecule has 2 N–H and O–H groups in total. The van der Waals surface area contributed by atoms with Gasteiger partial charge in [0.1, 0.15) is 9.96 Å². The van der Waals surface area contributed by atoms with Crippen molar-refractivity contribution in [1.29, 1.82) is 0 Å². The van der Waals surface area contributed by atoms with Crippen LogP contribution in [-0.2, 0) is 15.3 Å². The van der Waals surface area contributed by atoms with Crippen LogP contribution in [0.5, 0.6) is 0 Å². The van der Waals surface area contributed by atoms with E-state index in [9.17, 15) is 9.59 Å². The molecule has 0 saturated heterocycles. The summed E-state index contributed by atoms with van der Waals surface area (Å²) >= 11 is 3.27. The summed E-state index contributed by atoms with van der Waals surface area (Å²) in [6.45, 7) is 0.359. The summed E-state index contributed by atoms with van der Waals surface area (Å²) in [4.78, 5) is 27.3. The van der Waals surface area contributed by atoms with E-state index in [0.29, 0.717) is 11.3 Å². The SMILES string of the molecule is NC(=O)COC(=O)c1oc2ccccc2c1CSC1=NCCS1. The molecule has 1 aromatic carbocycles. The topological polar surface area (TPSA) is 94.9 Å². The molecule has 0 fully saturated rings. The molecule has 1 aliphatic heterocycles. The Kier molecular flexibility index (Phi) is 4.92. The normalized spacial score (nSPS) is 14.0. The molecule has 0 atom stereocenters. The molecule has 1 aliphatic rings. The van der Waals surface area contributed by atoms with E-state index in [0.717, 1.165) is 27.6 Å². The van der Waals surface area contributed by atoms with Crippen molar-refractivity contribution in [2.45, 2.75) is 5.75 Å². The second-order valence-electron chi connectivity index (χ2n) is 4.73. The van der Waals surface area contributed by atoms with Gasteiger partial charge in [-0.2, -0.15) is 0 Å². The largest absolute Gasteiger partial charge is 0.450 e. The summed E-state index contributed by atoms with van der Waals surface area (Å²) in [7, 11) is 0. The fraction of sp³-hybridized carbons (Fsp3) is 0.267. The predicted molar refractivity (Wildman–Crippen MR) is 91.7 cm³/mol. The van der Waals surface area contributed by atoms with Gasteiger partial charge in [0, 0.05) is 22.5 Å². The maximum absolute atomic E-state index is 12.2. The van der Waals surface area contributed by atoms with Crippen molar-refractivity contribution < 1.29 is 18.7 Å². The van der Waals surface area contributed by atoms with Gasteiger partial charge in [0.15, 0.2) is 6.61 Å². The van der Waals surface area contributed by atoms with Crippen molar-refractivity contribution in [1.82, 2.24) is 0 Å². The van der Waals surface area contributed by atoms with Crippen LogP contribution in [0.2, 0.25) is 0 Å². The molecule has 1 aromatic heterocycles. The quantitative estimate of drug-likeness (QED) is 0.832. The lowest BCUT2D eigenvalue weighted by Gasteiger charge is -2.03. The first-order chi connectivity index (χ1) is 11.1. The fourth-order valence-corrected chi connectivity index (χ4v) is 4.18. The van der Waals surface area contributed by atoms with Gasteiger partial charge in [-0.25, -0.2) is 4.79 Å². The van der Waals surface area contributed by atoms with Gasteiger partial charge in [-0.15, -0.1) is 0 Å². The van der Waals surface area contributed by atoms with Crippen LogP contribution in [0.3, 0.4) is 0 Å². The highest BCUT2D eigenvalue weighted by Crippen LogP contribution is 2.32. The lowest BCUT2D eigenvalue weighted by molar-refractivity contribution is -0.121. The number of ether oxygens (including phenoxy) is 1. The van der Waals surface area contributed by atoms with E-state index in [1.807, 2.05) is 18.2 Å². The van der Waals surface area contributed by atoms with E-state index in [1.165, 1.54) is 0 Å². The van der Waals surface area contributed by atoms with Crippen molar-refractivity contribution in [3.8, 4) is 0 Å². The van der Waals surface area contributed by atoms with E-state index in [1.54, 1.807) is 29.6 Å². The summed E-state index contributed by atoms with van der Waals surface area (Å²) in [6.07, 6.45) is 0. The van der Waals surface area contributed by atoms with Crippen LogP contribution < -0.4 is 5.73 Å². The van der Waals surface area contributed by atoms with Crippen LogP contribution in [0.1, 0.15) is 16.1 Å². The number of carbonyl (C=O) groups is 2. The third-order valence-corrected chi connectivity index (χ3v) is 5.41. The number of thioether (sulfide) groups is 2. The monoisotopic (exact) mass is 350 g/mol. The van der Waals surface area contributed by atoms with Gasteiger partial charge in [0.25, 0.3) is 5.91 Å². The molecule has 6 nitrogen and oxygen atoms in total. The van der Waals surface area contributed by atoms with Gasteiger partial charge in [-0.1, -0.05) is 41.7 Å². The standard InChI is InChI=1S/C15H14N2O4S2/c16-12(18)7-20-14(19)13-10(8-23-15-17-5-6-22-15)9-3-1-2-4-11(9)21-13/h1-4H,5-8H2,(H2,16,18). The number of fused-ring (bicyclic) bond motifs is 1. The highest BCUT2D eigenvalue weighted by molar-refractivity contribution is 8.38. The Morgan fingerprint density at radius 1 is 1.39 bits per heavy atom. The number of esters is 1. The summed E-state index contributed by atoms with van der Waals surface area (Å²) in [6, 6.07) is 7.39. The number of amides is 1. The maximum Gasteiger partial charge on any atom is 0.375 e. The average molecular weight is 350 g/mol. The van der Waals surface area contributed by atoms with E-state index in [2.05, 4.69) is 4.99 Å². The molecule has 23 heavy (non-hydrogen) atoms. The van der Waals surface area contributed by atoms with Gasteiger partial charge >= 0.3 is 5.97 Å². The van der Waals surface area contributed by atoms with Crippen LogP contribution in [0.15, 0.2) is 33.7 Å². The Bertz CT molecular complexity index is 785. The number of rotatable bonds is 5. The van der Waals surface area contributed by atoms with Crippen molar-refractivity contribution in [2.24, 2.45) is 10.7 Å². The van der Waals surface area contributed by atoms with Crippen molar-refractivity contribution in [3.63, 3.8) is 0 Å². The fourth-order valence-electron chi connectivity index (χ4n) is 2.15. The van der Waals surface area contributed by atoms with Gasteiger partial charge in [0.05, 0.1) is 6.54 Å². The Morgan fingerprint density at radius 3 is 2.96 bits per heavy atom. The van der Waals surface area contributed by atoms with E-state index in [-0.39, 0.29) is 5.76 Å². The zero-order valence-electron chi connectivity index (χ0n) is 12.1. The summed E-state index contributed by atoms with van der Waals surface area (Å²) < 4.78 is 11.5. The predicted octanol–water partition coefficient (Wildman–Crippen LogP) is 2.41. The molecular formula is C15H14N2O4S2. The van der Waals surface area contributed by atoms with Crippen LogP contribution >= 0.6 is 23.5 Å². The second kappa shape index (κ2) is 7.10. The molecule has 0 radical (unpaired) electrons. The number of para-hydroxylation sites is 1. The number of benzene rings is 1. The van der Waals surface area contributed by atoms with Crippen molar-refractivity contribution >= 4 is 50.7 Å². The first-order valence-electron chi connectivity index (χ1n) is 6.91. The Labute approximate surface area is 140 Å². The first-order valence-corrected chi connectivity index (χ1v) is 8.88. The van der Waals surface area contributed by atoms with E-state index in [4.69, 9.17) is 14.9 Å². The van der Waals surface area contributed by atoms with Crippen molar-refractivity contribution in [3.05, 3.63) is 35.6 Å². The number of nitrogens with zero attached hydrogens (tertiary/aromatic N) is 1. The number of furan rings is 1. The van der Waals surface area contributed by atoms with Gasteiger partial charge in [0.2, 0.25) is 5.76 Å². The Hall–Kier alpha value is -1.93. The highest BCUT2D eigenvalue weighted by Gasteiger charge is 2.23. The minimum absolute atomic E-state index is 0.114. The molecule has 120 valence electrons. The third-order valence-electron chi connectivity index (χ3n) is 3.13. The number of primary amides is 1. The number of hydrogen-bond acceptors (Lipinski definition) is 7. The van der Waals surface area contributed by atoms with Gasteiger partial charge in [-0.05, 0) is 6.07 Å². The van der Waals surface area contributed by atoms with Crippen LogP contribution in [-0.4, -0.2) is 35.2 Å². The molecule has 1 amide bonds. The Balaban J connectivity index is 1.87. The second-order valence-corrected chi connectivity index (χ2v) is 7.04. The van der Waals surface area contributed by atoms with Crippen molar-refractivity contribution in [2.75, 3.05) is 18.9 Å². The van der Waals surface area contributed by atoms with Crippen LogP contribution in [0.25, 0.3) is 11.0 Å². The number of carbonyl (C=O) groups excluding carboxylic acids is 2. The maximum atomic E-state index is 12.2. The zero-order valence-corrected chi connectivity index (χ0v) is 13.7. The number of hydrogen-bond donors (Lipinski definition) is 1. The molecule has 0 aliphatic carbocycles. The van der Waals surface area contributed by atoms with E-state index >= 15 is 0 Å². The molecule has 2 heterocycles. The molecule has 3 rings (SSSR count). The van der Waals surface area contributed by atoms with Gasteiger partial charge < -0.3 is 14.9 Å². The van der Waals surface area contributed by atoms with Crippen LogP contribution in [0.4, 0.5) is 0 Å². The minimum atomic E-state index is -0.706. The minimum Gasteiger partial charge on any atom is -0.450 e. The zero-order chi connectivity index (χ0) is 16.2. The smallest absolute Gasteiger partial charge is 0.375 e. The first kappa shape index (κ1) is 15.9. The molecule has 0 spiro atoms. The summed E-state index contributed by atoms with van der Waals surface area (Å²) in [5.41, 5.74) is 6.36. The highest BCUT2D eigenvalue weighted by atomic mass is 32.2. The number of nitrogens with two attached hydrogens (primary N) is 1. The molecular weight excluding hydrogens is 336 g/mol. The molecule has 0 saturated carbocycles. The van der Waals surface area contributed by atoms with Gasteiger partial charge in [-0.3, -0.25) is 9.79 Å². The van der Waals surface area contributed by atoms with E-state index < -0.39 is 18.5 Å². The number of aliphatic imine (C=N–C) groups is 1. The lowest BCUT2D eigenvalue weighted by atomic mass is 10.1. The average Bonchev–Trinajstić information content (AvgIpc) is 3.17. The third kappa shape index (κ3) is 3.70. The Morgan fingerprint density at radius 2 is 2.22 bits per heavy atom. The molecule has 0 bridgehead atoms. The lowest BCUT2D eigenvalue weighted by Crippen LogP contribution is -2.21. The molecule has 2 aromatic rings. The van der Waals surface area contributed by atoms with Crippen LogP contribution in [0, 0.1) is 0 Å². The summed E-state index contributed by atoms with van der Waals surface area (Å²) in [5.74, 6) is 0.258. The summed E-state index contributed by atoms with van der Waals surface area (Å²) in [5, 5.41) is 0.856. The molecule has 8 heteroatoms. The molecule has 0 unspecified atom stereocenters.